The molecule has 9 rings (SSSR count). The number of nitrogens with zero attached hydrogens (tertiary/aromatic N) is 4. The summed E-state index contributed by atoms with van der Waals surface area (Å²) in [4.78, 5) is 33.3. The maximum absolute atomic E-state index is 13.5. The molecule has 2 aliphatic heterocycles. The molecule has 0 saturated carbocycles. The summed E-state index contributed by atoms with van der Waals surface area (Å²) in [7, 11) is -26.2. The van der Waals surface area contributed by atoms with Crippen molar-refractivity contribution >= 4 is 117 Å². The number of hydrogen-bond acceptors (Lipinski definition) is 22. The maximum atomic E-state index is 13.5. The summed E-state index contributed by atoms with van der Waals surface area (Å²) >= 11 is 0. The molecule has 0 N–H and O–H groups in total. The SMILES string of the molecule is CC1(C)C(/C=C/C=C/C=C2/N(CCCCCC(=O)Oc3cc(S(=O)(=O)[O-])c4ccc5c(S(=O)(=O)[O-])cc(S(=O)(=O)[O-])c6ccc3c4c65)c3ccc(S(=O)(=O)[O-])cc3C2(C)C)=[N+](Cc2cc([N+](=O)[O-])cc([N+](=O)[O-])c2)c2ccc(S(=O)(=O)[O-])cc21. The third-order valence-electron chi connectivity index (χ3n) is 14.8. The predicted molar refractivity (Wildman–Crippen MR) is 295 cm³/mol. The predicted octanol–water partition coefficient (Wildman–Crippen LogP) is 7.46. The summed E-state index contributed by atoms with van der Waals surface area (Å²) < 4.78 is 193. The van der Waals surface area contributed by atoms with Gasteiger partial charge in [-0.05, 0) is 86.9 Å². The van der Waals surface area contributed by atoms with E-state index in [4.69, 9.17) is 4.74 Å². The number of hydrogen-bond donors (Lipinski definition) is 0. The zero-order chi connectivity index (χ0) is 61.6. The Morgan fingerprint density at radius 3 is 1.62 bits per heavy atom. The standard InChI is InChI=1S/C54H48N4O21S5/c1-53(2)40-26-34(80(64,65)66)14-20-42(40)55(48(53)11-7-5-8-12-49-54(3,4)41-27-35(81(67,68)69)15-21-43(41)56(49)30-31-23-32(57(60)61)25-33(24-31)58(62)63)22-10-6-9-13-50(59)79-44-28-45(82(70,71)72)37-18-19-39-47(84(76,77)78)29-46(83(73,74)75)38-17-16-36(44)51(37)52(38)39/h5,7-8,11-12,14-21,23-29H,6,9-10,13,22,30H2,1-4H3,(H4-,64,65,66,67,68,69,70,71,72,73,74,75,76,77,78)/p-4. The third-order valence-corrected chi connectivity index (χ3v) is 19.1. The number of unbranched alkanes of at least 4 members (excludes halogenated alkanes) is 2. The van der Waals surface area contributed by atoms with E-state index in [9.17, 15) is 89.9 Å². The van der Waals surface area contributed by atoms with Crippen molar-refractivity contribution in [3.8, 4) is 5.75 Å². The van der Waals surface area contributed by atoms with Gasteiger partial charge in [0.15, 0.2) is 12.3 Å². The van der Waals surface area contributed by atoms with Crippen LogP contribution >= 0.6 is 0 Å². The van der Waals surface area contributed by atoms with Crippen LogP contribution in [-0.2, 0) is 72.8 Å². The van der Waals surface area contributed by atoms with Crippen molar-refractivity contribution in [3.05, 3.63) is 164 Å². The lowest BCUT2D eigenvalue weighted by Crippen LogP contribution is -2.27. The van der Waals surface area contributed by atoms with E-state index < -0.39 is 130 Å². The molecule has 7 aromatic rings. The minimum absolute atomic E-state index is 0.109. The van der Waals surface area contributed by atoms with E-state index in [-0.39, 0.29) is 53.0 Å². The lowest BCUT2D eigenvalue weighted by molar-refractivity contribution is -0.455. The van der Waals surface area contributed by atoms with Crippen molar-refractivity contribution in [2.24, 2.45) is 0 Å². The Balaban J connectivity index is 0.986. The zero-order valence-electron chi connectivity index (χ0n) is 44.2. The number of nitro groups is 2. The summed E-state index contributed by atoms with van der Waals surface area (Å²) in [6, 6.07) is 16.3. The van der Waals surface area contributed by atoms with Crippen LogP contribution in [0, 0.1) is 20.2 Å². The van der Waals surface area contributed by atoms with Crippen LogP contribution in [0.5, 0.6) is 5.75 Å². The van der Waals surface area contributed by atoms with Gasteiger partial charge in [0.2, 0.25) is 5.69 Å². The highest BCUT2D eigenvalue weighted by atomic mass is 32.2. The van der Waals surface area contributed by atoms with Gasteiger partial charge in [0.05, 0.1) is 45.8 Å². The summed E-state index contributed by atoms with van der Waals surface area (Å²) in [5, 5.41) is 21.6. The van der Waals surface area contributed by atoms with Crippen molar-refractivity contribution in [2.45, 2.75) is 95.2 Å². The van der Waals surface area contributed by atoms with Crippen LogP contribution in [0.3, 0.4) is 0 Å². The highest BCUT2D eigenvalue weighted by Crippen LogP contribution is 2.50. The van der Waals surface area contributed by atoms with Gasteiger partial charge in [0.25, 0.3) is 11.4 Å². The van der Waals surface area contributed by atoms with E-state index in [1.807, 2.05) is 4.90 Å². The van der Waals surface area contributed by atoms with Crippen LogP contribution in [0.25, 0.3) is 32.3 Å². The van der Waals surface area contributed by atoms with Gasteiger partial charge in [-0.25, -0.2) is 42.1 Å². The molecule has 7 aromatic carbocycles. The molecule has 0 aromatic heterocycles. The zero-order valence-corrected chi connectivity index (χ0v) is 48.3. The van der Waals surface area contributed by atoms with Gasteiger partial charge in [0, 0.05) is 97.5 Å². The van der Waals surface area contributed by atoms with Gasteiger partial charge in [-0.3, -0.25) is 25.0 Å². The van der Waals surface area contributed by atoms with Crippen molar-refractivity contribution in [3.63, 3.8) is 0 Å². The van der Waals surface area contributed by atoms with E-state index in [1.54, 1.807) is 62.7 Å². The van der Waals surface area contributed by atoms with Crippen LogP contribution in [0.4, 0.5) is 22.7 Å². The average Bonchev–Trinajstić information content (AvgIpc) is 1.88. The number of non-ortho nitro benzene ring substituents is 2. The highest BCUT2D eigenvalue weighted by Gasteiger charge is 2.45. The normalized spacial score (nSPS) is 16.0. The first-order chi connectivity index (χ1) is 38.9. The first kappa shape index (κ1) is 60.7. The van der Waals surface area contributed by atoms with Crippen molar-refractivity contribution in [1.82, 2.24) is 0 Å². The van der Waals surface area contributed by atoms with Crippen LogP contribution in [0.1, 0.15) is 70.1 Å². The highest BCUT2D eigenvalue weighted by molar-refractivity contribution is 7.87. The number of nitro benzene ring substituents is 2. The van der Waals surface area contributed by atoms with Gasteiger partial charge in [-0.15, -0.1) is 0 Å². The molecule has 440 valence electrons. The second-order valence-corrected chi connectivity index (χ2v) is 27.6. The van der Waals surface area contributed by atoms with E-state index >= 15 is 0 Å². The minimum atomic E-state index is -5.48. The Morgan fingerprint density at radius 2 is 1.08 bits per heavy atom. The maximum Gasteiger partial charge on any atom is 0.311 e. The summed E-state index contributed by atoms with van der Waals surface area (Å²) in [5.74, 6) is -1.43. The molecule has 0 radical (unpaired) electrons. The monoisotopic (exact) mass is 1240 g/mol. The molecule has 0 aliphatic carbocycles. The molecule has 0 unspecified atom stereocenters. The fraction of sp³-hybridized carbons (Fsp3) is 0.222. The van der Waals surface area contributed by atoms with Gasteiger partial charge >= 0.3 is 5.97 Å². The number of rotatable bonds is 19. The Labute approximate surface area is 479 Å². The lowest BCUT2D eigenvalue weighted by Gasteiger charge is -2.27. The van der Waals surface area contributed by atoms with Gasteiger partial charge in [-0.1, -0.05) is 56.7 Å². The smallest absolute Gasteiger partial charge is 0.311 e. The number of ether oxygens (including phenoxy) is 1. The lowest BCUT2D eigenvalue weighted by atomic mass is 9.81. The third kappa shape index (κ3) is 11.4. The molecular formula is C54H44N4O21S5-4. The first-order valence-corrected chi connectivity index (χ1v) is 31.9. The number of fused-ring (bicyclic) bond motifs is 2. The molecule has 0 bridgehead atoms. The molecule has 0 spiro atoms. The quantitative estimate of drug-likeness (QED) is 0.00872. The fourth-order valence-corrected chi connectivity index (χ4v) is 14.2. The molecule has 2 heterocycles. The van der Waals surface area contributed by atoms with Crippen LogP contribution in [0.2, 0.25) is 0 Å². The van der Waals surface area contributed by atoms with Crippen molar-refractivity contribution < 1.29 is 88.8 Å². The number of carbonyl (C=O) groups excluding carboxylic acids is 1. The topological polar surface area (TPSA) is 405 Å². The molecule has 0 fully saturated rings. The van der Waals surface area contributed by atoms with E-state index in [0.717, 1.165) is 36.4 Å². The Morgan fingerprint density at radius 1 is 0.571 bits per heavy atom. The van der Waals surface area contributed by atoms with Gasteiger partial charge < -0.3 is 32.4 Å². The van der Waals surface area contributed by atoms with Gasteiger partial charge in [-0.2, -0.15) is 4.58 Å². The van der Waals surface area contributed by atoms with Crippen LogP contribution in [-0.4, -0.2) is 97.5 Å². The number of esters is 1. The van der Waals surface area contributed by atoms with E-state index in [0.29, 0.717) is 52.8 Å². The van der Waals surface area contributed by atoms with E-state index in [1.165, 1.54) is 48.5 Å². The van der Waals surface area contributed by atoms with E-state index in [2.05, 4.69) is 0 Å². The summed E-state index contributed by atoms with van der Waals surface area (Å²) in [5.41, 5.74) is 0.0927. The number of carbonyl (C=O) groups is 1. The Bertz CT molecular complexity index is 4680. The molecule has 30 heteroatoms. The van der Waals surface area contributed by atoms with Crippen molar-refractivity contribution in [2.75, 3.05) is 11.4 Å². The number of anilines is 1. The average molecular weight is 1250 g/mol. The molecular weight excluding hydrogens is 1200 g/mol. The second-order valence-electron chi connectivity index (χ2n) is 20.8. The number of benzene rings is 7. The Hall–Kier alpha value is -7.91. The van der Waals surface area contributed by atoms with Gasteiger partial charge in [0.1, 0.15) is 56.3 Å². The summed E-state index contributed by atoms with van der Waals surface area (Å²) in [6.45, 7) is 7.19. The van der Waals surface area contributed by atoms with Crippen LogP contribution in [0.15, 0.2) is 152 Å². The fourth-order valence-electron chi connectivity index (χ4n) is 11.0. The molecule has 84 heavy (non-hydrogen) atoms. The molecule has 0 saturated heterocycles. The first-order valence-electron chi connectivity index (χ1n) is 24.9. The molecule has 2 aliphatic rings. The Kier molecular flexibility index (Phi) is 15.4. The van der Waals surface area contributed by atoms with Crippen LogP contribution < -0.4 is 9.64 Å². The largest absolute Gasteiger partial charge is 0.744 e. The molecule has 0 amide bonds. The minimum Gasteiger partial charge on any atom is -0.744 e. The molecule has 0 atom stereocenters. The number of allylic oxidation sites excluding steroid dienone is 6. The molecule has 25 nitrogen and oxygen atoms in total. The second kappa shape index (κ2) is 21.3. The summed E-state index contributed by atoms with van der Waals surface area (Å²) in [6.07, 6.45) is 8.89. The van der Waals surface area contributed by atoms with Crippen molar-refractivity contribution in [1.29, 1.82) is 0 Å².